The van der Waals surface area contributed by atoms with Crippen LogP contribution in [-0.4, -0.2) is 73.7 Å². The highest BCUT2D eigenvalue weighted by molar-refractivity contribution is 5.73. The molecule has 6 heteroatoms. The first kappa shape index (κ1) is 15.2. The smallest absolute Gasteiger partial charge is 0.219 e. The molecule has 6 nitrogen and oxygen atoms in total. The molecular formula is C14H24N4O2. The average Bonchev–Trinajstić information content (AvgIpc) is 2.49. The molecule has 0 saturated carbocycles. The molecule has 0 aliphatic carbocycles. The van der Waals surface area contributed by atoms with Crippen LogP contribution >= 0.6 is 0 Å². The van der Waals surface area contributed by atoms with Crippen LogP contribution in [0, 0.1) is 11.3 Å². The van der Waals surface area contributed by atoms with Crippen LogP contribution in [0.3, 0.4) is 0 Å². The van der Waals surface area contributed by atoms with E-state index in [2.05, 4.69) is 16.3 Å². The van der Waals surface area contributed by atoms with Crippen LogP contribution in [0.15, 0.2) is 0 Å². The quantitative estimate of drug-likeness (QED) is 0.773. The summed E-state index contributed by atoms with van der Waals surface area (Å²) in [5.41, 5.74) is -0.460. The van der Waals surface area contributed by atoms with Crippen LogP contribution in [-0.2, 0) is 9.53 Å². The lowest BCUT2D eigenvalue weighted by atomic mass is 9.89. The van der Waals surface area contributed by atoms with Gasteiger partial charge in [-0.15, -0.1) is 0 Å². The van der Waals surface area contributed by atoms with Crippen molar-refractivity contribution in [2.75, 3.05) is 52.5 Å². The second kappa shape index (κ2) is 7.02. The van der Waals surface area contributed by atoms with E-state index in [-0.39, 0.29) is 5.91 Å². The highest BCUT2D eigenvalue weighted by Gasteiger charge is 2.34. The summed E-state index contributed by atoms with van der Waals surface area (Å²) in [5, 5.41) is 12.9. The Morgan fingerprint density at radius 1 is 1.30 bits per heavy atom. The summed E-state index contributed by atoms with van der Waals surface area (Å²) in [6.45, 7) is 8.25. The van der Waals surface area contributed by atoms with E-state index in [0.717, 1.165) is 39.4 Å². The summed E-state index contributed by atoms with van der Waals surface area (Å²) in [7, 11) is 0. The van der Waals surface area contributed by atoms with Gasteiger partial charge in [-0.2, -0.15) is 5.26 Å². The number of carbonyl (C=O) groups is 1. The standard InChI is InChI=1S/C14H24N4O2/c1-13(19)18-5-2-14(12-15,3-6-18)16-4-7-17-8-10-20-11-9-17/h16H,2-11H2,1H3. The van der Waals surface area contributed by atoms with Crippen LogP contribution in [0.5, 0.6) is 0 Å². The Morgan fingerprint density at radius 3 is 2.50 bits per heavy atom. The van der Waals surface area contributed by atoms with Crippen molar-refractivity contribution in [1.29, 1.82) is 5.26 Å². The number of hydrogen-bond donors (Lipinski definition) is 1. The molecule has 0 bridgehead atoms. The zero-order chi connectivity index (χ0) is 14.4. The SMILES string of the molecule is CC(=O)N1CCC(C#N)(NCCN2CCOCC2)CC1. The fraction of sp³-hybridized carbons (Fsp3) is 0.857. The summed E-state index contributed by atoms with van der Waals surface area (Å²) in [5.74, 6) is 0.102. The topological polar surface area (TPSA) is 68.6 Å². The number of piperidine rings is 1. The molecule has 0 aromatic heterocycles. The lowest BCUT2D eigenvalue weighted by Gasteiger charge is -2.38. The van der Waals surface area contributed by atoms with Crippen LogP contribution in [0.1, 0.15) is 19.8 Å². The zero-order valence-electron chi connectivity index (χ0n) is 12.2. The van der Waals surface area contributed by atoms with E-state index in [4.69, 9.17) is 4.74 Å². The molecule has 0 unspecified atom stereocenters. The molecule has 2 aliphatic rings. The second-order valence-corrected chi connectivity index (χ2v) is 5.58. The molecule has 20 heavy (non-hydrogen) atoms. The van der Waals surface area contributed by atoms with Crippen molar-refractivity contribution in [3.63, 3.8) is 0 Å². The summed E-state index contributed by atoms with van der Waals surface area (Å²) < 4.78 is 5.32. The van der Waals surface area contributed by atoms with E-state index in [1.54, 1.807) is 6.92 Å². The minimum Gasteiger partial charge on any atom is -0.379 e. The van der Waals surface area contributed by atoms with Gasteiger partial charge in [0.25, 0.3) is 0 Å². The van der Waals surface area contributed by atoms with Crippen molar-refractivity contribution in [3.05, 3.63) is 0 Å². The van der Waals surface area contributed by atoms with Crippen molar-refractivity contribution in [1.82, 2.24) is 15.1 Å². The first-order valence-corrected chi connectivity index (χ1v) is 7.37. The maximum atomic E-state index is 11.3. The Hall–Kier alpha value is -1.16. The maximum absolute atomic E-state index is 11.3. The van der Waals surface area contributed by atoms with Crippen molar-refractivity contribution in [2.45, 2.75) is 25.3 Å². The van der Waals surface area contributed by atoms with E-state index in [0.29, 0.717) is 25.9 Å². The summed E-state index contributed by atoms with van der Waals surface area (Å²) in [6.07, 6.45) is 1.43. The number of morpholine rings is 1. The molecule has 0 radical (unpaired) electrons. The number of rotatable bonds is 4. The van der Waals surface area contributed by atoms with Gasteiger partial charge in [0.05, 0.1) is 19.3 Å². The molecule has 0 spiro atoms. The Morgan fingerprint density at radius 2 is 1.95 bits per heavy atom. The first-order valence-electron chi connectivity index (χ1n) is 7.37. The van der Waals surface area contributed by atoms with Gasteiger partial charge in [0.1, 0.15) is 5.54 Å². The maximum Gasteiger partial charge on any atom is 0.219 e. The third-order valence-corrected chi connectivity index (χ3v) is 4.27. The molecule has 2 saturated heterocycles. The Labute approximate surface area is 120 Å². The molecule has 1 N–H and O–H groups in total. The lowest BCUT2D eigenvalue weighted by molar-refractivity contribution is -0.130. The molecule has 0 aromatic rings. The largest absolute Gasteiger partial charge is 0.379 e. The predicted octanol–water partition coefficient (Wildman–Crippen LogP) is -0.187. The van der Waals surface area contributed by atoms with Crippen LogP contribution in [0.4, 0.5) is 0 Å². The summed E-state index contributed by atoms with van der Waals surface area (Å²) in [6, 6.07) is 2.42. The van der Waals surface area contributed by atoms with E-state index >= 15 is 0 Å². The summed E-state index contributed by atoms with van der Waals surface area (Å²) in [4.78, 5) is 15.5. The first-order chi connectivity index (χ1) is 9.65. The van der Waals surface area contributed by atoms with Crippen molar-refractivity contribution in [3.8, 4) is 6.07 Å². The molecule has 2 heterocycles. The molecular weight excluding hydrogens is 256 g/mol. The molecule has 0 aromatic carbocycles. The Kier molecular flexibility index (Phi) is 5.35. The molecule has 2 aliphatic heterocycles. The van der Waals surface area contributed by atoms with Gasteiger partial charge in [-0.3, -0.25) is 15.0 Å². The number of ether oxygens (including phenoxy) is 1. The molecule has 2 fully saturated rings. The molecule has 112 valence electrons. The van der Waals surface area contributed by atoms with Gasteiger partial charge in [-0.25, -0.2) is 0 Å². The highest BCUT2D eigenvalue weighted by atomic mass is 16.5. The number of nitrogens with one attached hydrogen (secondary N) is 1. The van der Waals surface area contributed by atoms with Gasteiger partial charge in [-0.05, 0) is 12.8 Å². The number of nitriles is 1. The Bertz CT molecular complexity index is 366. The van der Waals surface area contributed by atoms with Gasteiger partial charge >= 0.3 is 0 Å². The van der Waals surface area contributed by atoms with Crippen molar-refractivity contribution in [2.24, 2.45) is 0 Å². The van der Waals surface area contributed by atoms with E-state index in [9.17, 15) is 10.1 Å². The third kappa shape index (κ3) is 3.92. The van der Waals surface area contributed by atoms with E-state index in [1.807, 2.05) is 4.90 Å². The van der Waals surface area contributed by atoms with Gasteiger partial charge < -0.3 is 9.64 Å². The lowest BCUT2D eigenvalue weighted by Crippen LogP contribution is -2.55. The van der Waals surface area contributed by atoms with Gasteiger partial charge in [0.15, 0.2) is 0 Å². The fourth-order valence-electron chi connectivity index (χ4n) is 2.81. The minimum absolute atomic E-state index is 0.102. The number of hydrogen-bond acceptors (Lipinski definition) is 5. The van der Waals surface area contributed by atoms with E-state index < -0.39 is 5.54 Å². The predicted molar refractivity (Wildman–Crippen MR) is 75.1 cm³/mol. The number of carbonyl (C=O) groups excluding carboxylic acids is 1. The molecule has 0 atom stereocenters. The summed E-state index contributed by atoms with van der Waals surface area (Å²) >= 11 is 0. The number of nitrogens with zero attached hydrogens (tertiary/aromatic N) is 3. The highest BCUT2D eigenvalue weighted by Crippen LogP contribution is 2.21. The van der Waals surface area contributed by atoms with Gasteiger partial charge in [0.2, 0.25) is 5.91 Å². The number of amides is 1. The number of likely N-dealkylation sites (tertiary alicyclic amines) is 1. The van der Waals surface area contributed by atoms with Gasteiger partial charge in [-0.1, -0.05) is 0 Å². The van der Waals surface area contributed by atoms with Crippen LogP contribution in [0.25, 0.3) is 0 Å². The second-order valence-electron chi connectivity index (χ2n) is 5.58. The van der Waals surface area contributed by atoms with E-state index in [1.165, 1.54) is 0 Å². The van der Waals surface area contributed by atoms with Crippen LogP contribution in [0.2, 0.25) is 0 Å². The minimum atomic E-state index is -0.460. The molecule has 1 amide bonds. The zero-order valence-corrected chi connectivity index (χ0v) is 12.2. The average molecular weight is 280 g/mol. The van der Waals surface area contributed by atoms with Crippen LogP contribution < -0.4 is 5.32 Å². The fourth-order valence-corrected chi connectivity index (χ4v) is 2.81. The van der Waals surface area contributed by atoms with Gasteiger partial charge in [0, 0.05) is 46.2 Å². The molecule has 2 rings (SSSR count). The monoisotopic (exact) mass is 280 g/mol. The van der Waals surface area contributed by atoms with Crippen molar-refractivity contribution < 1.29 is 9.53 Å². The normalized spacial score (nSPS) is 23.3. The Balaban J connectivity index is 1.75. The van der Waals surface area contributed by atoms with Crippen molar-refractivity contribution >= 4 is 5.91 Å². The third-order valence-electron chi connectivity index (χ3n) is 4.27.